The van der Waals surface area contributed by atoms with Gasteiger partial charge in [0.1, 0.15) is 0 Å². The van der Waals surface area contributed by atoms with Gasteiger partial charge in [-0.25, -0.2) is 0 Å². The molecule has 5 aromatic carbocycles. The summed E-state index contributed by atoms with van der Waals surface area (Å²) in [5.74, 6) is 0. The molecule has 0 aliphatic rings. The number of benzene rings is 5. The van der Waals surface area contributed by atoms with Gasteiger partial charge in [-0.1, -0.05) is 60.7 Å². The number of pyridine rings is 1. The second-order valence-electron chi connectivity index (χ2n) is 10.5. The van der Waals surface area contributed by atoms with Crippen molar-refractivity contribution < 1.29 is 0 Å². The Morgan fingerprint density at radius 1 is 0.561 bits per heavy atom. The lowest BCUT2D eigenvalue weighted by molar-refractivity contribution is 1.18. The van der Waals surface area contributed by atoms with Gasteiger partial charge in [0.2, 0.25) is 0 Å². The highest BCUT2D eigenvalue weighted by Gasteiger charge is 2.17. The summed E-state index contributed by atoms with van der Waals surface area (Å²) >= 11 is 0. The zero-order chi connectivity index (χ0) is 27.9. The Balaban J connectivity index is 1.53. The van der Waals surface area contributed by atoms with Gasteiger partial charge >= 0.3 is 0 Å². The average molecular weight is 526 g/mol. The molecule has 0 fully saturated rings. The highest BCUT2D eigenvalue weighted by Crippen LogP contribution is 2.39. The van der Waals surface area contributed by atoms with Gasteiger partial charge in [-0.3, -0.25) is 4.98 Å². The van der Waals surface area contributed by atoms with E-state index in [1.807, 2.05) is 24.3 Å². The Morgan fingerprint density at radius 3 is 1.66 bits per heavy atom. The van der Waals surface area contributed by atoms with E-state index in [0.717, 1.165) is 27.8 Å². The molecular weight excluding hydrogens is 498 g/mol. The smallest absolute Gasteiger partial charge is 0.0998 e. The monoisotopic (exact) mass is 525 g/mol. The quantitative estimate of drug-likeness (QED) is 0.229. The summed E-state index contributed by atoms with van der Waals surface area (Å²) in [7, 11) is 0. The summed E-state index contributed by atoms with van der Waals surface area (Å²) in [6, 6.07) is 43.0. The van der Waals surface area contributed by atoms with Crippen molar-refractivity contribution in [2.24, 2.45) is 0 Å². The minimum atomic E-state index is 0.643. The minimum Gasteiger partial charge on any atom is -0.309 e. The molecule has 194 valence electrons. The predicted octanol–water partition coefficient (Wildman–Crippen LogP) is 9.67. The molecule has 0 radical (unpaired) electrons. The molecule has 0 aliphatic heterocycles. The molecule has 7 aromatic rings. The molecule has 7 rings (SSSR count). The van der Waals surface area contributed by atoms with Crippen LogP contribution in [0.2, 0.25) is 0 Å². The van der Waals surface area contributed by atoms with Crippen LogP contribution in [-0.4, -0.2) is 9.55 Å². The van der Waals surface area contributed by atoms with Crippen molar-refractivity contribution in [2.75, 3.05) is 0 Å². The van der Waals surface area contributed by atoms with Crippen molar-refractivity contribution in [3.8, 4) is 45.1 Å². The summed E-state index contributed by atoms with van der Waals surface area (Å²) in [5, 5.41) is 12.3. The van der Waals surface area contributed by atoms with Crippen LogP contribution >= 0.6 is 0 Å². The third-order valence-corrected chi connectivity index (χ3v) is 8.05. The van der Waals surface area contributed by atoms with Crippen molar-refractivity contribution in [3.63, 3.8) is 0 Å². The number of aryl methyl sites for hydroxylation is 2. The molecule has 0 spiro atoms. The van der Waals surface area contributed by atoms with Gasteiger partial charge < -0.3 is 4.57 Å². The van der Waals surface area contributed by atoms with Crippen molar-refractivity contribution >= 4 is 21.8 Å². The van der Waals surface area contributed by atoms with Crippen LogP contribution in [-0.2, 0) is 0 Å². The van der Waals surface area contributed by atoms with E-state index in [-0.39, 0.29) is 0 Å². The molecule has 0 saturated heterocycles. The van der Waals surface area contributed by atoms with Gasteiger partial charge in [0.05, 0.1) is 22.7 Å². The first-order valence-electron chi connectivity index (χ1n) is 13.8. The summed E-state index contributed by atoms with van der Waals surface area (Å²) < 4.78 is 2.32. The van der Waals surface area contributed by atoms with Crippen LogP contribution in [0.15, 0.2) is 128 Å². The molecule has 0 unspecified atom stereocenters. The zero-order valence-electron chi connectivity index (χ0n) is 23.0. The molecule has 41 heavy (non-hydrogen) atoms. The maximum atomic E-state index is 9.89. The second-order valence-corrected chi connectivity index (χ2v) is 10.5. The van der Waals surface area contributed by atoms with E-state index in [9.17, 15) is 5.26 Å². The van der Waals surface area contributed by atoms with Crippen LogP contribution < -0.4 is 0 Å². The van der Waals surface area contributed by atoms with E-state index in [4.69, 9.17) is 0 Å². The van der Waals surface area contributed by atoms with E-state index in [0.29, 0.717) is 5.56 Å². The van der Waals surface area contributed by atoms with Crippen molar-refractivity contribution in [1.29, 1.82) is 5.26 Å². The molecule has 0 atom stereocenters. The summed E-state index contributed by atoms with van der Waals surface area (Å²) in [4.78, 5) is 4.17. The molecule has 3 heteroatoms. The van der Waals surface area contributed by atoms with Crippen LogP contribution in [0.5, 0.6) is 0 Å². The number of fused-ring (bicyclic) bond motifs is 3. The maximum Gasteiger partial charge on any atom is 0.0998 e. The highest BCUT2D eigenvalue weighted by atomic mass is 15.0. The third-order valence-electron chi connectivity index (χ3n) is 8.05. The van der Waals surface area contributed by atoms with Crippen LogP contribution in [0.3, 0.4) is 0 Å². The fourth-order valence-electron chi connectivity index (χ4n) is 5.97. The van der Waals surface area contributed by atoms with E-state index in [1.54, 1.807) is 12.4 Å². The first-order valence-corrected chi connectivity index (χ1v) is 13.8. The molecule has 0 aliphatic carbocycles. The minimum absolute atomic E-state index is 0.643. The molecule has 0 bridgehead atoms. The molecule has 2 aromatic heterocycles. The predicted molar refractivity (Wildman–Crippen MR) is 169 cm³/mol. The Morgan fingerprint density at radius 2 is 1.12 bits per heavy atom. The largest absolute Gasteiger partial charge is 0.309 e. The Bertz CT molecular complexity index is 2030. The van der Waals surface area contributed by atoms with E-state index in [2.05, 4.69) is 120 Å². The lowest BCUT2D eigenvalue weighted by atomic mass is 9.97. The number of nitrogens with zero attached hydrogens (tertiary/aromatic N) is 3. The molecule has 0 N–H and O–H groups in total. The van der Waals surface area contributed by atoms with E-state index in [1.165, 1.54) is 44.2 Å². The van der Waals surface area contributed by atoms with Crippen LogP contribution in [0.1, 0.15) is 16.7 Å². The van der Waals surface area contributed by atoms with E-state index < -0.39 is 0 Å². The molecular formula is C38H27N3. The zero-order valence-corrected chi connectivity index (χ0v) is 23.0. The maximum absolute atomic E-state index is 9.89. The van der Waals surface area contributed by atoms with Gasteiger partial charge in [-0.05, 0) is 107 Å². The Labute approximate surface area is 239 Å². The van der Waals surface area contributed by atoms with Gasteiger partial charge in [-0.2, -0.15) is 5.26 Å². The number of aromatic nitrogens is 2. The normalized spacial score (nSPS) is 11.1. The van der Waals surface area contributed by atoms with Crippen LogP contribution in [0, 0.1) is 25.2 Å². The van der Waals surface area contributed by atoms with Crippen LogP contribution in [0.4, 0.5) is 0 Å². The molecule has 3 nitrogen and oxygen atoms in total. The van der Waals surface area contributed by atoms with Gasteiger partial charge in [0, 0.05) is 34.4 Å². The SMILES string of the molecule is Cc1ccccc1-c1ccc2c(c1)c1cc(-c3ccccc3C)ccc1n2-c1ccc(C#N)c(-c2ccncc2)c1. The summed E-state index contributed by atoms with van der Waals surface area (Å²) in [6.07, 6.45) is 3.54. The second kappa shape index (κ2) is 9.93. The Kier molecular flexibility index (Phi) is 5.95. The highest BCUT2D eigenvalue weighted by molar-refractivity contribution is 6.11. The topological polar surface area (TPSA) is 41.6 Å². The number of rotatable bonds is 4. The fourth-order valence-corrected chi connectivity index (χ4v) is 5.97. The van der Waals surface area contributed by atoms with Gasteiger partial charge in [-0.15, -0.1) is 0 Å². The fraction of sp³-hybridized carbons (Fsp3) is 0.0526. The van der Waals surface area contributed by atoms with Crippen molar-refractivity contribution in [2.45, 2.75) is 13.8 Å². The number of nitriles is 1. The van der Waals surface area contributed by atoms with Crippen molar-refractivity contribution in [3.05, 3.63) is 144 Å². The average Bonchev–Trinajstić information content (AvgIpc) is 3.34. The lowest BCUT2D eigenvalue weighted by Gasteiger charge is -2.12. The third kappa shape index (κ3) is 4.18. The van der Waals surface area contributed by atoms with Crippen LogP contribution in [0.25, 0.3) is 60.9 Å². The van der Waals surface area contributed by atoms with Crippen molar-refractivity contribution in [1.82, 2.24) is 9.55 Å². The molecule has 2 heterocycles. The molecule has 0 saturated carbocycles. The Hall–Kier alpha value is -5.46. The molecule has 0 amide bonds. The first kappa shape index (κ1) is 24.6. The number of hydrogen-bond donors (Lipinski definition) is 0. The summed E-state index contributed by atoms with van der Waals surface area (Å²) in [5.41, 5.74) is 13.2. The summed E-state index contributed by atoms with van der Waals surface area (Å²) in [6.45, 7) is 4.33. The lowest BCUT2D eigenvalue weighted by Crippen LogP contribution is -1.96. The standard InChI is InChI=1S/C38H27N3/c1-25-7-3-5-9-32(25)28-12-15-37-35(21-28)36-22-29(33-10-6-4-8-26(33)2)13-16-38(36)41(37)31-14-11-30(24-39)34(23-31)27-17-19-40-20-18-27/h3-23H,1-2H3. The van der Waals surface area contributed by atoms with E-state index >= 15 is 0 Å². The first-order chi connectivity index (χ1) is 20.1. The van der Waals surface area contributed by atoms with Gasteiger partial charge in [0.25, 0.3) is 0 Å². The van der Waals surface area contributed by atoms with Gasteiger partial charge in [0.15, 0.2) is 0 Å². The number of hydrogen-bond acceptors (Lipinski definition) is 2.